The second-order valence-electron chi connectivity index (χ2n) is 2.84. The van der Waals surface area contributed by atoms with Crippen molar-refractivity contribution < 1.29 is 0 Å². The predicted molar refractivity (Wildman–Crippen MR) is 65.1 cm³/mol. The van der Waals surface area contributed by atoms with Crippen LogP contribution < -0.4 is 0 Å². The zero-order valence-electron chi connectivity index (χ0n) is 7.24. The lowest BCUT2D eigenvalue weighted by molar-refractivity contribution is 1.31. The molecule has 1 heterocycles. The number of rotatable bonds is 1. The highest BCUT2D eigenvalue weighted by Gasteiger charge is 2.04. The highest BCUT2D eigenvalue weighted by atomic mass is 79.9. The van der Waals surface area contributed by atoms with E-state index >= 15 is 0 Å². The average molecular weight is 313 g/mol. The molecule has 0 saturated heterocycles. The third kappa shape index (κ3) is 1.88. The number of halogens is 2. The van der Waals surface area contributed by atoms with E-state index in [-0.39, 0.29) is 0 Å². The minimum atomic E-state index is 1.01. The summed E-state index contributed by atoms with van der Waals surface area (Å²) in [6.07, 6.45) is 3.59. The fourth-order valence-electron chi connectivity index (χ4n) is 1.27. The number of benzene rings is 1. The van der Waals surface area contributed by atoms with Crippen LogP contribution >= 0.6 is 31.9 Å². The average Bonchev–Trinajstić information content (AvgIpc) is 2.20. The molecule has 0 radical (unpaired) electrons. The normalized spacial score (nSPS) is 10.1. The summed E-state index contributed by atoms with van der Waals surface area (Å²) in [6.45, 7) is 0. The maximum atomic E-state index is 4.04. The van der Waals surface area contributed by atoms with E-state index in [0.717, 1.165) is 14.5 Å². The van der Waals surface area contributed by atoms with Gasteiger partial charge in [-0.2, -0.15) is 0 Å². The Morgan fingerprint density at radius 2 is 1.57 bits per heavy atom. The van der Waals surface area contributed by atoms with Gasteiger partial charge in [0.05, 0.1) is 0 Å². The summed E-state index contributed by atoms with van der Waals surface area (Å²) >= 11 is 7.01. The number of nitrogens with zero attached hydrogens (tertiary/aromatic N) is 1. The van der Waals surface area contributed by atoms with Gasteiger partial charge >= 0.3 is 0 Å². The highest BCUT2D eigenvalue weighted by molar-refractivity contribution is 9.11. The molecule has 0 aliphatic rings. The van der Waals surface area contributed by atoms with Crippen LogP contribution in [0.2, 0.25) is 0 Å². The van der Waals surface area contributed by atoms with E-state index in [1.807, 2.05) is 24.3 Å². The Bertz CT molecular complexity index is 411. The lowest BCUT2D eigenvalue weighted by atomic mass is 10.1. The maximum absolute atomic E-state index is 4.04. The standard InChI is InChI=1S/C11H7Br2N/c12-10-4-2-1-3-8(10)9-5-6-14-7-11(9)13/h1-7H. The molecular formula is C11H7Br2N. The maximum Gasteiger partial charge on any atom is 0.0437 e. The van der Waals surface area contributed by atoms with E-state index in [2.05, 4.69) is 42.9 Å². The van der Waals surface area contributed by atoms with Crippen molar-refractivity contribution >= 4 is 31.9 Å². The molecule has 0 saturated carbocycles. The second-order valence-corrected chi connectivity index (χ2v) is 4.54. The van der Waals surface area contributed by atoms with Gasteiger partial charge in [-0.05, 0) is 33.6 Å². The SMILES string of the molecule is Brc1ccccc1-c1ccncc1Br. The zero-order valence-corrected chi connectivity index (χ0v) is 10.4. The molecule has 0 N–H and O–H groups in total. The monoisotopic (exact) mass is 311 g/mol. The van der Waals surface area contributed by atoms with Gasteiger partial charge < -0.3 is 0 Å². The van der Waals surface area contributed by atoms with Gasteiger partial charge in [-0.1, -0.05) is 34.1 Å². The fraction of sp³-hybridized carbons (Fsp3) is 0. The van der Waals surface area contributed by atoms with E-state index in [1.165, 1.54) is 5.56 Å². The second kappa shape index (κ2) is 4.24. The molecule has 0 bridgehead atoms. The summed E-state index contributed by atoms with van der Waals surface area (Å²) < 4.78 is 2.10. The van der Waals surface area contributed by atoms with Crippen LogP contribution in [0.25, 0.3) is 11.1 Å². The van der Waals surface area contributed by atoms with Crippen molar-refractivity contribution in [1.82, 2.24) is 4.98 Å². The van der Waals surface area contributed by atoms with Gasteiger partial charge in [-0.3, -0.25) is 4.98 Å². The lowest BCUT2D eigenvalue weighted by Gasteiger charge is -2.05. The summed E-state index contributed by atoms with van der Waals surface area (Å²) in [5.74, 6) is 0. The lowest BCUT2D eigenvalue weighted by Crippen LogP contribution is -1.82. The molecule has 1 aromatic carbocycles. The van der Waals surface area contributed by atoms with Crippen LogP contribution in [0.15, 0.2) is 51.7 Å². The molecule has 2 rings (SSSR count). The molecule has 0 spiro atoms. The molecule has 1 aromatic heterocycles. The molecule has 0 fully saturated rings. The highest BCUT2D eigenvalue weighted by Crippen LogP contribution is 2.32. The van der Waals surface area contributed by atoms with E-state index in [0.29, 0.717) is 0 Å². The van der Waals surface area contributed by atoms with E-state index in [1.54, 1.807) is 12.4 Å². The Kier molecular flexibility index (Phi) is 2.99. The summed E-state index contributed by atoms with van der Waals surface area (Å²) in [5, 5.41) is 0. The Morgan fingerprint density at radius 1 is 0.857 bits per heavy atom. The van der Waals surface area contributed by atoms with Gasteiger partial charge in [0.25, 0.3) is 0 Å². The molecule has 0 aliphatic carbocycles. The third-order valence-corrected chi connectivity index (χ3v) is 3.26. The Hall–Kier alpha value is -0.670. The topological polar surface area (TPSA) is 12.9 Å². The molecule has 0 unspecified atom stereocenters. The van der Waals surface area contributed by atoms with Gasteiger partial charge in [0, 0.05) is 26.9 Å². The molecule has 0 amide bonds. The van der Waals surface area contributed by atoms with Crippen LogP contribution in [0, 0.1) is 0 Å². The molecule has 0 atom stereocenters. The van der Waals surface area contributed by atoms with Gasteiger partial charge in [0.15, 0.2) is 0 Å². The molecule has 14 heavy (non-hydrogen) atoms. The molecule has 2 aromatic rings. The van der Waals surface area contributed by atoms with Crippen molar-refractivity contribution in [3.63, 3.8) is 0 Å². The van der Waals surface area contributed by atoms with Crippen molar-refractivity contribution in [2.45, 2.75) is 0 Å². The molecule has 70 valence electrons. The Morgan fingerprint density at radius 3 is 2.29 bits per heavy atom. The smallest absolute Gasteiger partial charge is 0.0437 e. The fourth-order valence-corrected chi connectivity index (χ4v) is 2.24. The van der Waals surface area contributed by atoms with Crippen molar-refractivity contribution in [1.29, 1.82) is 0 Å². The van der Waals surface area contributed by atoms with Crippen LogP contribution in [-0.2, 0) is 0 Å². The van der Waals surface area contributed by atoms with Gasteiger partial charge in [-0.25, -0.2) is 0 Å². The molecular weight excluding hydrogens is 306 g/mol. The van der Waals surface area contributed by atoms with E-state index in [4.69, 9.17) is 0 Å². The number of hydrogen-bond acceptors (Lipinski definition) is 1. The first-order valence-corrected chi connectivity index (χ1v) is 5.72. The minimum Gasteiger partial charge on any atom is -0.264 e. The van der Waals surface area contributed by atoms with Crippen molar-refractivity contribution in [3.8, 4) is 11.1 Å². The van der Waals surface area contributed by atoms with Gasteiger partial charge in [0.1, 0.15) is 0 Å². The molecule has 3 heteroatoms. The first-order chi connectivity index (χ1) is 6.79. The first-order valence-electron chi connectivity index (χ1n) is 4.13. The van der Waals surface area contributed by atoms with Gasteiger partial charge in [-0.15, -0.1) is 0 Å². The summed E-state index contributed by atoms with van der Waals surface area (Å²) in [6, 6.07) is 10.1. The van der Waals surface area contributed by atoms with Crippen LogP contribution in [0.4, 0.5) is 0 Å². The van der Waals surface area contributed by atoms with Crippen molar-refractivity contribution in [3.05, 3.63) is 51.7 Å². The molecule has 0 aliphatic heterocycles. The van der Waals surface area contributed by atoms with E-state index in [9.17, 15) is 0 Å². The predicted octanol–water partition coefficient (Wildman–Crippen LogP) is 4.27. The Balaban J connectivity index is 2.61. The summed E-state index contributed by atoms with van der Waals surface area (Å²) in [7, 11) is 0. The quantitative estimate of drug-likeness (QED) is 0.766. The van der Waals surface area contributed by atoms with Crippen LogP contribution in [0.1, 0.15) is 0 Å². The zero-order chi connectivity index (χ0) is 9.97. The summed E-state index contributed by atoms with van der Waals surface area (Å²) in [5.41, 5.74) is 2.31. The van der Waals surface area contributed by atoms with Gasteiger partial charge in [0.2, 0.25) is 0 Å². The first kappa shape index (κ1) is 9.87. The third-order valence-electron chi connectivity index (χ3n) is 1.94. The largest absolute Gasteiger partial charge is 0.264 e. The van der Waals surface area contributed by atoms with Crippen LogP contribution in [0.3, 0.4) is 0 Å². The number of aromatic nitrogens is 1. The molecule has 1 nitrogen and oxygen atoms in total. The summed E-state index contributed by atoms with van der Waals surface area (Å²) in [4.78, 5) is 4.04. The van der Waals surface area contributed by atoms with Crippen molar-refractivity contribution in [2.24, 2.45) is 0 Å². The van der Waals surface area contributed by atoms with Crippen molar-refractivity contribution in [2.75, 3.05) is 0 Å². The Labute approximate surface area is 99.4 Å². The van der Waals surface area contributed by atoms with Crippen LogP contribution in [-0.4, -0.2) is 4.98 Å². The number of pyridine rings is 1. The van der Waals surface area contributed by atoms with E-state index < -0.39 is 0 Å². The van der Waals surface area contributed by atoms with Crippen LogP contribution in [0.5, 0.6) is 0 Å². The minimum absolute atomic E-state index is 1.01. The number of hydrogen-bond donors (Lipinski definition) is 0.